The van der Waals surface area contributed by atoms with Crippen LogP contribution in [0.1, 0.15) is 47.9 Å². The van der Waals surface area contributed by atoms with Gasteiger partial charge < -0.3 is 9.80 Å². The molecule has 0 heterocycles. The number of hydrogen-bond acceptors (Lipinski definition) is 2. The number of rotatable bonds is 12. The molecule has 10 aromatic rings. The van der Waals surface area contributed by atoms with Crippen LogP contribution in [0.25, 0.3) is 50.1 Å². The van der Waals surface area contributed by atoms with Gasteiger partial charge in [0.2, 0.25) is 0 Å². The average molecular weight is 961 g/mol. The van der Waals surface area contributed by atoms with Crippen LogP contribution in [0.5, 0.6) is 0 Å². The third-order valence-electron chi connectivity index (χ3n) is 15.5. The van der Waals surface area contributed by atoms with Gasteiger partial charge in [0.15, 0.2) is 0 Å². The zero-order chi connectivity index (χ0) is 50.0. The first kappa shape index (κ1) is 45.6. The Morgan fingerprint density at radius 3 is 1.37 bits per heavy atom. The minimum atomic E-state index is -0.631. The Balaban J connectivity index is 1.06. The molecule has 0 fully saturated rings. The maximum Gasteiger partial charge on any atom is 0.0711 e. The van der Waals surface area contributed by atoms with Gasteiger partial charge in [-0.25, -0.2) is 0 Å². The van der Waals surface area contributed by atoms with E-state index in [1.54, 1.807) is 0 Å². The second kappa shape index (κ2) is 20.0. The first-order valence-electron chi connectivity index (χ1n) is 26.5. The van der Waals surface area contributed by atoms with Gasteiger partial charge in [0.05, 0.1) is 16.8 Å². The molecule has 1 unspecified atom stereocenters. The summed E-state index contributed by atoms with van der Waals surface area (Å²) >= 11 is 0. The number of nitrogens with zero attached hydrogens (tertiary/aromatic N) is 2. The van der Waals surface area contributed by atoms with Crippen LogP contribution in [-0.4, -0.2) is 0 Å². The topological polar surface area (TPSA) is 6.48 Å². The monoisotopic (exact) mass is 960 g/mol. The molecule has 2 heteroatoms. The van der Waals surface area contributed by atoms with E-state index in [0.717, 1.165) is 59.8 Å². The third-order valence-corrected chi connectivity index (χ3v) is 15.5. The SMILES string of the molecule is C1=CCCC(c2ccccc2N(c2ccc(-c3ccccc3)cc2)c2ccc3c(c2)C(C2=CCCC=C2)(c2ccccc2)c2cccc(N(c4ccc(-c5ccccc5)cc4)c4ccc(-c5ccccc5)cc4)c2-3)=C1. The normalized spacial score (nSPS) is 15.4. The summed E-state index contributed by atoms with van der Waals surface area (Å²) in [5, 5.41) is 0. The lowest BCUT2D eigenvalue weighted by Gasteiger charge is -2.37. The summed E-state index contributed by atoms with van der Waals surface area (Å²) in [5.41, 5.74) is 23.4. The largest absolute Gasteiger partial charge is 0.310 e. The average Bonchev–Trinajstić information content (AvgIpc) is 3.96. The first-order valence-corrected chi connectivity index (χ1v) is 26.5. The van der Waals surface area contributed by atoms with Gasteiger partial charge in [-0.15, -0.1) is 0 Å². The molecule has 3 aliphatic carbocycles. The summed E-state index contributed by atoms with van der Waals surface area (Å²) in [6.45, 7) is 0. The first-order chi connectivity index (χ1) is 37.2. The van der Waals surface area contributed by atoms with Crippen LogP contribution >= 0.6 is 0 Å². The van der Waals surface area contributed by atoms with Gasteiger partial charge in [0, 0.05) is 33.9 Å². The van der Waals surface area contributed by atoms with Crippen LogP contribution in [-0.2, 0) is 5.41 Å². The smallest absolute Gasteiger partial charge is 0.0711 e. The molecule has 10 aromatic carbocycles. The highest BCUT2D eigenvalue weighted by Crippen LogP contribution is 2.61. The van der Waals surface area contributed by atoms with Gasteiger partial charge in [-0.2, -0.15) is 0 Å². The molecule has 1 atom stereocenters. The van der Waals surface area contributed by atoms with Gasteiger partial charge in [-0.3, -0.25) is 0 Å². The molecule has 2 nitrogen and oxygen atoms in total. The van der Waals surface area contributed by atoms with E-state index >= 15 is 0 Å². The van der Waals surface area contributed by atoms with Gasteiger partial charge in [0.25, 0.3) is 0 Å². The summed E-state index contributed by atoms with van der Waals surface area (Å²) in [5.74, 6) is 0. The van der Waals surface area contributed by atoms with Crippen LogP contribution in [0.15, 0.2) is 297 Å². The molecule has 0 N–H and O–H groups in total. The van der Waals surface area contributed by atoms with E-state index in [1.165, 1.54) is 77.9 Å². The number of fused-ring (bicyclic) bond motifs is 3. The van der Waals surface area contributed by atoms with Crippen molar-refractivity contribution in [2.75, 3.05) is 9.80 Å². The molecule has 0 saturated carbocycles. The number of allylic oxidation sites excluding steroid dienone is 8. The fraction of sp³-hybridized carbons (Fsp3) is 0.0685. The van der Waals surface area contributed by atoms with E-state index in [1.807, 2.05) is 0 Å². The summed E-state index contributed by atoms with van der Waals surface area (Å²) < 4.78 is 0. The van der Waals surface area contributed by atoms with Crippen molar-refractivity contribution in [3.63, 3.8) is 0 Å². The van der Waals surface area contributed by atoms with Gasteiger partial charge in [-0.05, 0) is 153 Å². The molecule has 0 saturated heterocycles. The van der Waals surface area contributed by atoms with Crippen LogP contribution in [0.4, 0.5) is 34.1 Å². The Bertz CT molecular complexity index is 3690. The van der Waals surface area contributed by atoms with Gasteiger partial charge in [0.1, 0.15) is 0 Å². The molecule has 358 valence electrons. The van der Waals surface area contributed by atoms with Crippen molar-refractivity contribution in [1.82, 2.24) is 0 Å². The van der Waals surface area contributed by atoms with E-state index in [0.29, 0.717) is 0 Å². The molecule has 0 aromatic heterocycles. The van der Waals surface area contributed by atoms with Crippen LogP contribution in [0.3, 0.4) is 0 Å². The number of para-hydroxylation sites is 1. The Morgan fingerprint density at radius 1 is 0.347 bits per heavy atom. The van der Waals surface area contributed by atoms with Crippen molar-refractivity contribution in [1.29, 1.82) is 0 Å². The van der Waals surface area contributed by atoms with Crippen LogP contribution < -0.4 is 9.80 Å². The highest BCUT2D eigenvalue weighted by atomic mass is 15.2. The van der Waals surface area contributed by atoms with Crippen molar-refractivity contribution >= 4 is 39.7 Å². The number of hydrogen-bond donors (Lipinski definition) is 0. The third kappa shape index (κ3) is 8.35. The Kier molecular flexibility index (Phi) is 12.2. The van der Waals surface area contributed by atoms with Crippen molar-refractivity contribution < 1.29 is 0 Å². The quantitative estimate of drug-likeness (QED) is 0.120. The van der Waals surface area contributed by atoms with Crippen molar-refractivity contribution in [2.45, 2.75) is 31.1 Å². The van der Waals surface area contributed by atoms with Crippen molar-refractivity contribution in [2.24, 2.45) is 0 Å². The van der Waals surface area contributed by atoms with E-state index in [9.17, 15) is 0 Å². The maximum atomic E-state index is 2.53. The number of anilines is 6. The lowest BCUT2D eigenvalue weighted by Crippen LogP contribution is -2.30. The molecule has 0 aliphatic heterocycles. The van der Waals surface area contributed by atoms with E-state index in [4.69, 9.17) is 0 Å². The highest BCUT2D eigenvalue weighted by molar-refractivity contribution is 5.99. The standard InChI is InChI=1S/C73H56N2/c1-7-22-53(23-8-1)56-38-44-62(45-39-56)74(63-46-40-57(41-47-63)54-24-9-2-10-25-54)71-37-21-35-68-72(71)67-51-50-65(52-69(67)73(68,60-30-15-5-16-31-60)61-32-17-6-18-33-61)75(64-48-42-58(43-49-64)55-26-11-3-12-27-55)70-36-20-19-34-66(70)59-28-13-4-14-29-59/h1-5,7-13,15-17,19-28,30-52H,6,14,18,29H2. The Labute approximate surface area is 441 Å². The highest BCUT2D eigenvalue weighted by Gasteiger charge is 2.48. The molecule has 0 amide bonds. The lowest BCUT2D eigenvalue weighted by atomic mass is 9.66. The fourth-order valence-corrected chi connectivity index (χ4v) is 12.0. The molecule has 3 aliphatic rings. The zero-order valence-corrected chi connectivity index (χ0v) is 41.9. The van der Waals surface area contributed by atoms with Crippen LogP contribution in [0, 0.1) is 0 Å². The maximum absolute atomic E-state index is 2.53. The Morgan fingerprint density at radius 2 is 0.840 bits per heavy atom. The summed E-state index contributed by atoms with van der Waals surface area (Å²) in [6, 6.07) is 94.1. The van der Waals surface area contributed by atoms with E-state index < -0.39 is 5.41 Å². The van der Waals surface area contributed by atoms with Gasteiger partial charge >= 0.3 is 0 Å². The molecule has 75 heavy (non-hydrogen) atoms. The van der Waals surface area contributed by atoms with Crippen molar-refractivity contribution in [3.8, 4) is 44.5 Å². The molecule has 0 radical (unpaired) electrons. The molecule has 0 spiro atoms. The van der Waals surface area contributed by atoms with Gasteiger partial charge in [-0.1, -0.05) is 231 Å². The summed E-state index contributed by atoms with van der Waals surface area (Å²) in [6.07, 6.45) is 18.1. The van der Waals surface area contributed by atoms with E-state index in [-0.39, 0.29) is 0 Å². The van der Waals surface area contributed by atoms with E-state index in [2.05, 4.69) is 301 Å². The molecular weight excluding hydrogens is 905 g/mol. The zero-order valence-electron chi connectivity index (χ0n) is 41.9. The Hall–Kier alpha value is -9.24. The molecule has 13 rings (SSSR count). The summed E-state index contributed by atoms with van der Waals surface area (Å²) in [4.78, 5) is 4.98. The van der Waals surface area contributed by atoms with Crippen molar-refractivity contribution in [3.05, 3.63) is 319 Å². The minimum absolute atomic E-state index is 0.631. The second-order valence-corrected chi connectivity index (χ2v) is 19.8. The lowest BCUT2D eigenvalue weighted by molar-refractivity contribution is 0.751. The predicted molar refractivity (Wildman–Crippen MR) is 317 cm³/mol. The molecule has 0 bridgehead atoms. The second-order valence-electron chi connectivity index (χ2n) is 19.8. The van der Waals surface area contributed by atoms with Crippen LogP contribution in [0.2, 0.25) is 0 Å². The predicted octanol–water partition coefficient (Wildman–Crippen LogP) is 20.0. The molecular formula is C73H56N2. The number of benzene rings is 10. The summed E-state index contributed by atoms with van der Waals surface area (Å²) in [7, 11) is 0. The fourth-order valence-electron chi connectivity index (χ4n) is 12.0. The minimum Gasteiger partial charge on any atom is -0.310 e.